The number of nitrogens with one attached hydrogen (secondary N) is 1. The van der Waals surface area contributed by atoms with Gasteiger partial charge >= 0.3 is 0 Å². The summed E-state index contributed by atoms with van der Waals surface area (Å²) >= 11 is 0. The standard InChI is InChI=1S/C13H19N3O2/c1-9-6-12(14-3)11(7-15-9)13(17)16-4-5-18-8-10(16)2/h6-7,10H,4-5,8H2,1-3H3,(H,14,15). The van der Waals surface area contributed by atoms with Crippen molar-refractivity contribution in [2.45, 2.75) is 19.9 Å². The lowest BCUT2D eigenvalue weighted by atomic mass is 10.1. The van der Waals surface area contributed by atoms with Gasteiger partial charge in [0.25, 0.3) is 5.91 Å². The van der Waals surface area contributed by atoms with E-state index >= 15 is 0 Å². The lowest BCUT2D eigenvalue weighted by molar-refractivity contribution is 0.00362. The minimum atomic E-state index is 0.0163. The van der Waals surface area contributed by atoms with Crippen LogP contribution in [0.15, 0.2) is 12.3 Å². The van der Waals surface area contributed by atoms with Crippen molar-refractivity contribution >= 4 is 11.6 Å². The third kappa shape index (κ3) is 2.46. The highest BCUT2D eigenvalue weighted by molar-refractivity contribution is 5.99. The summed E-state index contributed by atoms with van der Waals surface area (Å²) in [6.45, 7) is 5.74. The lowest BCUT2D eigenvalue weighted by Crippen LogP contribution is -2.47. The molecule has 98 valence electrons. The van der Waals surface area contributed by atoms with E-state index in [-0.39, 0.29) is 11.9 Å². The van der Waals surface area contributed by atoms with Crippen LogP contribution in [0.3, 0.4) is 0 Å². The van der Waals surface area contributed by atoms with Crippen LogP contribution in [0.4, 0.5) is 5.69 Å². The number of rotatable bonds is 2. The van der Waals surface area contributed by atoms with E-state index in [0.717, 1.165) is 11.4 Å². The molecule has 1 aromatic heterocycles. The van der Waals surface area contributed by atoms with E-state index in [9.17, 15) is 4.79 Å². The minimum Gasteiger partial charge on any atom is -0.387 e. The summed E-state index contributed by atoms with van der Waals surface area (Å²) in [5.74, 6) is 0.0163. The van der Waals surface area contributed by atoms with E-state index in [1.807, 2.05) is 31.9 Å². The van der Waals surface area contributed by atoms with Crippen molar-refractivity contribution < 1.29 is 9.53 Å². The summed E-state index contributed by atoms with van der Waals surface area (Å²) in [6.07, 6.45) is 1.64. The maximum atomic E-state index is 12.5. The van der Waals surface area contributed by atoms with Crippen molar-refractivity contribution in [1.29, 1.82) is 0 Å². The zero-order chi connectivity index (χ0) is 13.1. The number of pyridine rings is 1. The Morgan fingerprint density at radius 3 is 3.06 bits per heavy atom. The Bertz CT molecular complexity index is 448. The van der Waals surface area contributed by atoms with Gasteiger partial charge in [0.2, 0.25) is 0 Å². The largest absolute Gasteiger partial charge is 0.387 e. The fraction of sp³-hybridized carbons (Fsp3) is 0.538. The third-order valence-corrected chi connectivity index (χ3v) is 3.17. The number of carbonyl (C=O) groups excluding carboxylic acids is 1. The summed E-state index contributed by atoms with van der Waals surface area (Å²) in [6, 6.07) is 2.00. The molecule has 0 saturated carbocycles. The maximum Gasteiger partial charge on any atom is 0.257 e. The fourth-order valence-electron chi connectivity index (χ4n) is 2.12. The molecule has 0 bridgehead atoms. The molecular weight excluding hydrogens is 230 g/mol. The molecule has 1 fully saturated rings. The van der Waals surface area contributed by atoms with Crippen LogP contribution in [0, 0.1) is 6.92 Å². The Labute approximate surface area is 107 Å². The quantitative estimate of drug-likeness (QED) is 0.858. The fourth-order valence-corrected chi connectivity index (χ4v) is 2.12. The van der Waals surface area contributed by atoms with Crippen LogP contribution in [-0.4, -0.2) is 48.6 Å². The second kappa shape index (κ2) is 5.35. The van der Waals surface area contributed by atoms with Crippen LogP contribution in [0.2, 0.25) is 0 Å². The summed E-state index contributed by atoms with van der Waals surface area (Å²) < 4.78 is 5.35. The van der Waals surface area contributed by atoms with Gasteiger partial charge < -0.3 is 15.0 Å². The number of hydrogen-bond donors (Lipinski definition) is 1. The second-order valence-corrected chi connectivity index (χ2v) is 4.54. The van der Waals surface area contributed by atoms with E-state index in [1.54, 1.807) is 6.20 Å². The van der Waals surface area contributed by atoms with Gasteiger partial charge in [0.1, 0.15) is 0 Å². The molecule has 0 aliphatic carbocycles. The van der Waals surface area contributed by atoms with Gasteiger partial charge in [-0.2, -0.15) is 0 Å². The van der Waals surface area contributed by atoms with E-state index in [2.05, 4.69) is 10.3 Å². The summed E-state index contributed by atoms with van der Waals surface area (Å²) in [7, 11) is 1.81. The van der Waals surface area contributed by atoms with Gasteiger partial charge in [-0.1, -0.05) is 0 Å². The normalized spacial score (nSPS) is 19.7. The Kier molecular flexibility index (Phi) is 3.81. The number of nitrogens with zero attached hydrogens (tertiary/aromatic N) is 2. The third-order valence-electron chi connectivity index (χ3n) is 3.17. The van der Waals surface area contributed by atoms with Crippen LogP contribution >= 0.6 is 0 Å². The average molecular weight is 249 g/mol. The highest BCUT2D eigenvalue weighted by atomic mass is 16.5. The highest BCUT2D eigenvalue weighted by Crippen LogP contribution is 2.19. The van der Waals surface area contributed by atoms with Crippen molar-refractivity contribution in [3.05, 3.63) is 23.5 Å². The zero-order valence-corrected chi connectivity index (χ0v) is 11.1. The van der Waals surface area contributed by atoms with Gasteiger partial charge in [0.05, 0.1) is 30.5 Å². The van der Waals surface area contributed by atoms with Gasteiger partial charge in [-0.25, -0.2) is 0 Å². The molecule has 0 aromatic carbocycles. The summed E-state index contributed by atoms with van der Waals surface area (Å²) in [5.41, 5.74) is 2.34. The number of aromatic nitrogens is 1. The topological polar surface area (TPSA) is 54.5 Å². The molecule has 1 aliphatic heterocycles. The van der Waals surface area contributed by atoms with Crippen molar-refractivity contribution in [2.24, 2.45) is 0 Å². The number of morpholine rings is 1. The predicted molar refractivity (Wildman–Crippen MR) is 69.8 cm³/mol. The average Bonchev–Trinajstić information content (AvgIpc) is 2.38. The Balaban J connectivity index is 2.27. The minimum absolute atomic E-state index is 0.0163. The number of amides is 1. The first-order valence-corrected chi connectivity index (χ1v) is 6.16. The van der Waals surface area contributed by atoms with Crippen LogP contribution in [-0.2, 0) is 4.74 Å². The number of ether oxygens (including phenoxy) is 1. The molecule has 5 nitrogen and oxygen atoms in total. The van der Waals surface area contributed by atoms with E-state index in [0.29, 0.717) is 25.3 Å². The first-order valence-electron chi connectivity index (χ1n) is 6.16. The van der Waals surface area contributed by atoms with Crippen molar-refractivity contribution in [1.82, 2.24) is 9.88 Å². The molecule has 1 amide bonds. The molecular formula is C13H19N3O2. The van der Waals surface area contributed by atoms with E-state index in [4.69, 9.17) is 4.74 Å². The Morgan fingerprint density at radius 2 is 2.39 bits per heavy atom. The molecule has 1 aliphatic rings. The van der Waals surface area contributed by atoms with Crippen molar-refractivity contribution in [3.63, 3.8) is 0 Å². The summed E-state index contributed by atoms with van der Waals surface area (Å²) in [4.78, 5) is 18.5. The predicted octanol–water partition coefficient (Wildman–Crippen LogP) is 1.29. The van der Waals surface area contributed by atoms with Gasteiger partial charge in [-0.3, -0.25) is 9.78 Å². The van der Waals surface area contributed by atoms with Gasteiger partial charge in [0.15, 0.2) is 0 Å². The SMILES string of the molecule is CNc1cc(C)ncc1C(=O)N1CCOCC1C. The molecule has 1 aromatic rings. The van der Waals surface area contributed by atoms with E-state index in [1.165, 1.54) is 0 Å². The Hall–Kier alpha value is -1.62. The second-order valence-electron chi connectivity index (χ2n) is 4.54. The highest BCUT2D eigenvalue weighted by Gasteiger charge is 2.26. The van der Waals surface area contributed by atoms with Gasteiger partial charge in [-0.15, -0.1) is 0 Å². The van der Waals surface area contributed by atoms with Crippen molar-refractivity contribution in [3.8, 4) is 0 Å². The summed E-state index contributed by atoms with van der Waals surface area (Å²) in [5, 5.41) is 3.05. The molecule has 1 saturated heterocycles. The van der Waals surface area contributed by atoms with Crippen LogP contribution in [0.25, 0.3) is 0 Å². The molecule has 1 unspecified atom stereocenters. The monoisotopic (exact) mass is 249 g/mol. The first kappa shape index (κ1) is 12.8. The van der Waals surface area contributed by atoms with Crippen molar-refractivity contribution in [2.75, 3.05) is 32.1 Å². The molecule has 2 heterocycles. The molecule has 1 N–H and O–H groups in total. The zero-order valence-electron chi connectivity index (χ0n) is 11.1. The lowest BCUT2D eigenvalue weighted by Gasteiger charge is -2.33. The van der Waals surface area contributed by atoms with E-state index < -0.39 is 0 Å². The maximum absolute atomic E-state index is 12.5. The molecule has 2 rings (SSSR count). The van der Waals surface area contributed by atoms with Gasteiger partial charge in [0, 0.05) is 25.5 Å². The molecule has 5 heteroatoms. The smallest absolute Gasteiger partial charge is 0.257 e. The molecule has 0 spiro atoms. The molecule has 0 radical (unpaired) electrons. The molecule has 18 heavy (non-hydrogen) atoms. The number of carbonyl (C=O) groups is 1. The van der Waals surface area contributed by atoms with Crippen LogP contribution < -0.4 is 5.32 Å². The molecule has 1 atom stereocenters. The Morgan fingerprint density at radius 1 is 1.61 bits per heavy atom. The first-order chi connectivity index (χ1) is 8.63. The van der Waals surface area contributed by atoms with Gasteiger partial charge in [-0.05, 0) is 19.9 Å². The number of hydrogen-bond acceptors (Lipinski definition) is 4. The van der Waals surface area contributed by atoms with Crippen LogP contribution in [0.5, 0.6) is 0 Å². The number of aryl methyl sites for hydroxylation is 1. The number of anilines is 1. The van der Waals surface area contributed by atoms with Crippen LogP contribution in [0.1, 0.15) is 23.0 Å².